The Morgan fingerprint density at radius 2 is 2.21 bits per heavy atom. The molecule has 7 heteroatoms. The summed E-state index contributed by atoms with van der Waals surface area (Å²) in [6.45, 7) is 0.574. The number of imide groups is 1. The second-order valence-electron chi connectivity index (χ2n) is 4.89. The van der Waals surface area contributed by atoms with Crippen LogP contribution < -0.4 is 5.32 Å². The Labute approximate surface area is 111 Å². The molecule has 0 spiro atoms. The van der Waals surface area contributed by atoms with Crippen LogP contribution in [0.15, 0.2) is 0 Å². The van der Waals surface area contributed by atoms with Crippen LogP contribution in [0, 0.1) is 0 Å². The Kier molecular flexibility index (Phi) is 4.36. The van der Waals surface area contributed by atoms with E-state index in [2.05, 4.69) is 5.32 Å². The van der Waals surface area contributed by atoms with E-state index in [-0.39, 0.29) is 37.6 Å². The summed E-state index contributed by atoms with van der Waals surface area (Å²) in [7, 11) is 0. The van der Waals surface area contributed by atoms with E-state index in [1.807, 2.05) is 0 Å². The van der Waals surface area contributed by atoms with Crippen molar-refractivity contribution in [2.24, 2.45) is 0 Å². The monoisotopic (exact) mass is 269 g/mol. The van der Waals surface area contributed by atoms with Crippen LogP contribution in [-0.4, -0.2) is 65.0 Å². The molecule has 0 bridgehead atoms. The average molecular weight is 269 g/mol. The van der Waals surface area contributed by atoms with Gasteiger partial charge in [0.15, 0.2) is 0 Å². The Bertz CT molecular complexity index is 369. The maximum absolute atomic E-state index is 12.2. The average Bonchev–Trinajstić information content (AvgIpc) is 2.97. The lowest BCUT2D eigenvalue weighted by molar-refractivity contribution is -0.137. The van der Waals surface area contributed by atoms with E-state index in [9.17, 15) is 14.4 Å². The molecule has 2 N–H and O–H groups in total. The molecule has 0 aliphatic carbocycles. The van der Waals surface area contributed by atoms with Crippen LogP contribution in [0.1, 0.15) is 25.7 Å². The number of likely N-dealkylation sites (tertiary alicyclic amines) is 1. The van der Waals surface area contributed by atoms with E-state index in [1.54, 1.807) is 4.90 Å². The van der Waals surface area contributed by atoms with Crippen molar-refractivity contribution in [1.29, 1.82) is 0 Å². The van der Waals surface area contributed by atoms with Crippen molar-refractivity contribution in [3.05, 3.63) is 0 Å². The van der Waals surface area contributed by atoms with Gasteiger partial charge in [-0.05, 0) is 25.7 Å². The molecule has 1 atom stereocenters. The van der Waals surface area contributed by atoms with Crippen molar-refractivity contribution in [2.75, 3.05) is 26.2 Å². The highest BCUT2D eigenvalue weighted by Crippen LogP contribution is 2.21. The van der Waals surface area contributed by atoms with Crippen LogP contribution in [0.3, 0.4) is 0 Å². The molecule has 7 nitrogen and oxygen atoms in total. The molecule has 2 aliphatic rings. The summed E-state index contributed by atoms with van der Waals surface area (Å²) in [5.41, 5.74) is 0. The molecule has 0 radical (unpaired) electrons. The van der Waals surface area contributed by atoms with Crippen LogP contribution in [0.2, 0.25) is 0 Å². The predicted octanol–water partition coefficient (Wildman–Crippen LogP) is -0.698. The first-order chi connectivity index (χ1) is 9.13. The first-order valence-electron chi connectivity index (χ1n) is 6.62. The lowest BCUT2D eigenvalue weighted by atomic mass is 10.1. The van der Waals surface area contributed by atoms with Gasteiger partial charge in [0.05, 0.1) is 6.54 Å². The minimum absolute atomic E-state index is 0.0277. The minimum atomic E-state index is -0.496. The third kappa shape index (κ3) is 3.04. The number of nitrogens with zero attached hydrogens (tertiary/aromatic N) is 2. The Hall–Kier alpha value is -1.63. The number of carbonyl (C=O) groups is 3. The predicted molar refractivity (Wildman–Crippen MR) is 66.2 cm³/mol. The Morgan fingerprint density at radius 1 is 1.42 bits per heavy atom. The van der Waals surface area contributed by atoms with Crippen molar-refractivity contribution in [3.63, 3.8) is 0 Å². The van der Waals surface area contributed by atoms with Gasteiger partial charge in [0.25, 0.3) is 5.91 Å². The summed E-state index contributed by atoms with van der Waals surface area (Å²) in [4.78, 5) is 37.7. The zero-order valence-corrected chi connectivity index (χ0v) is 10.8. The van der Waals surface area contributed by atoms with Gasteiger partial charge in [-0.1, -0.05) is 0 Å². The van der Waals surface area contributed by atoms with Gasteiger partial charge in [-0.15, -0.1) is 0 Å². The van der Waals surface area contributed by atoms with Gasteiger partial charge < -0.3 is 15.3 Å². The van der Waals surface area contributed by atoms with Crippen LogP contribution in [0.4, 0.5) is 4.79 Å². The van der Waals surface area contributed by atoms with Gasteiger partial charge in [0, 0.05) is 19.2 Å². The molecule has 19 heavy (non-hydrogen) atoms. The number of nitrogens with one attached hydrogen (secondary N) is 1. The number of rotatable bonds is 5. The van der Waals surface area contributed by atoms with Crippen molar-refractivity contribution in [1.82, 2.24) is 15.1 Å². The highest BCUT2D eigenvalue weighted by atomic mass is 16.3. The third-order valence-electron chi connectivity index (χ3n) is 3.62. The van der Waals surface area contributed by atoms with Crippen molar-refractivity contribution in [2.45, 2.75) is 31.7 Å². The van der Waals surface area contributed by atoms with Crippen LogP contribution in [0.5, 0.6) is 0 Å². The van der Waals surface area contributed by atoms with E-state index >= 15 is 0 Å². The fourth-order valence-electron chi connectivity index (χ4n) is 2.63. The number of hydrogen-bond acceptors (Lipinski definition) is 4. The maximum Gasteiger partial charge on any atom is 0.325 e. The number of carbonyl (C=O) groups excluding carboxylic acids is 3. The molecular weight excluding hydrogens is 250 g/mol. The Morgan fingerprint density at radius 3 is 2.84 bits per heavy atom. The van der Waals surface area contributed by atoms with Crippen LogP contribution >= 0.6 is 0 Å². The number of hydrogen-bond donors (Lipinski definition) is 2. The van der Waals surface area contributed by atoms with E-state index in [4.69, 9.17) is 5.11 Å². The summed E-state index contributed by atoms with van der Waals surface area (Å²) in [5.74, 6) is -0.546. The van der Waals surface area contributed by atoms with Crippen LogP contribution in [-0.2, 0) is 9.59 Å². The van der Waals surface area contributed by atoms with Gasteiger partial charge >= 0.3 is 6.03 Å². The Balaban J connectivity index is 1.91. The summed E-state index contributed by atoms with van der Waals surface area (Å²) in [5, 5.41) is 11.2. The normalized spacial score (nSPS) is 23.1. The van der Waals surface area contributed by atoms with Gasteiger partial charge in [0.1, 0.15) is 6.54 Å². The highest BCUT2D eigenvalue weighted by Gasteiger charge is 2.34. The number of urea groups is 1. The molecule has 106 valence electrons. The smallest absolute Gasteiger partial charge is 0.325 e. The largest absolute Gasteiger partial charge is 0.396 e. The summed E-state index contributed by atoms with van der Waals surface area (Å²) < 4.78 is 0. The van der Waals surface area contributed by atoms with Crippen molar-refractivity contribution < 1.29 is 19.5 Å². The number of amides is 4. The molecule has 0 aromatic carbocycles. The van der Waals surface area contributed by atoms with E-state index in [1.165, 1.54) is 0 Å². The molecule has 2 fully saturated rings. The fraction of sp³-hybridized carbons (Fsp3) is 0.750. The molecule has 2 heterocycles. The zero-order valence-electron chi connectivity index (χ0n) is 10.8. The fourth-order valence-corrected chi connectivity index (χ4v) is 2.63. The highest BCUT2D eigenvalue weighted by molar-refractivity contribution is 6.04. The van der Waals surface area contributed by atoms with Crippen molar-refractivity contribution in [3.8, 4) is 0 Å². The minimum Gasteiger partial charge on any atom is -0.396 e. The molecule has 2 saturated heterocycles. The van der Waals surface area contributed by atoms with E-state index in [0.29, 0.717) is 13.0 Å². The molecule has 0 saturated carbocycles. The molecular formula is C12H19N3O4. The topological polar surface area (TPSA) is 90.0 Å². The summed E-state index contributed by atoms with van der Waals surface area (Å²) >= 11 is 0. The lowest BCUT2D eigenvalue weighted by Crippen LogP contribution is -2.44. The molecule has 1 unspecified atom stereocenters. The van der Waals surface area contributed by atoms with E-state index in [0.717, 1.165) is 24.2 Å². The number of aliphatic hydroxyl groups is 1. The third-order valence-corrected chi connectivity index (χ3v) is 3.62. The summed E-state index contributed by atoms with van der Waals surface area (Å²) in [6.07, 6.45) is 3.29. The zero-order chi connectivity index (χ0) is 13.8. The maximum atomic E-state index is 12.2. The molecule has 0 aromatic heterocycles. The lowest BCUT2D eigenvalue weighted by Gasteiger charge is -2.26. The van der Waals surface area contributed by atoms with Gasteiger partial charge in [-0.25, -0.2) is 4.79 Å². The molecule has 2 aliphatic heterocycles. The van der Waals surface area contributed by atoms with E-state index < -0.39 is 6.03 Å². The quantitative estimate of drug-likeness (QED) is 0.646. The van der Waals surface area contributed by atoms with Crippen molar-refractivity contribution >= 4 is 17.8 Å². The second-order valence-corrected chi connectivity index (χ2v) is 4.89. The SMILES string of the molecule is O=C1CNC(=O)N1CC(=O)N1CCCC1CCCO. The first-order valence-corrected chi connectivity index (χ1v) is 6.62. The molecule has 2 rings (SSSR count). The first kappa shape index (κ1) is 13.8. The second kappa shape index (κ2) is 6.01. The molecule has 4 amide bonds. The van der Waals surface area contributed by atoms with Gasteiger partial charge in [0.2, 0.25) is 5.91 Å². The summed E-state index contributed by atoms with van der Waals surface area (Å²) in [6, 6.07) is -0.370. The molecule has 0 aromatic rings. The number of aliphatic hydroxyl groups excluding tert-OH is 1. The van der Waals surface area contributed by atoms with Gasteiger partial charge in [-0.3, -0.25) is 14.5 Å². The van der Waals surface area contributed by atoms with Gasteiger partial charge in [-0.2, -0.15) is 0 Å². The standard InChI is InChI=1S/C12H19N3O4/c16-6-2-4-9-3-1-5-14(9)11(18)8-15-10(17)7-13-12(15)19/h9,16H,1-8H2,(H,13,19). The van der Waals surface area contributed by atoms with Crippen LogP contribution in [0.25, 0.3) is 0 Å².